The van der Waals surface area contributed by atoms with Crippen LogP contribution in [0, 0.1) is 6.92 Å². The number of halogens is 2. The number of rotatable bonds is 4. The lowest BCUT2D eigenvalue weighted by molar-refractivity contribution is -0.498. The molecule has 0 saturated carbocycles. The van der Waals surface area contributed by atoms with Crippen LogP contribution < -0.4 is 35.4 Å². The van der Waals surface area contributed by atoms with Crippen molar-refractivity contribution in [2.75, 3.05) is 0 Å². The van der Waals surface area contributed by atoms with E-state index in [1.165, 1.54) is 11.1 Å². The van der Waals surface area contributed by atoms with Crippen molar-refractivity contribution in [3.63, 3.8) is 0 Å². The maximum absolute atomic E-state index is 10.5. The molecule has 0 aliphatic rings. The normalized spacial score (nSPS) is 11.5. The maximum Gasteiger partial charge on any atom is 0.336 e. The Hall–Kier alpha value is -2.18. The van der Waals surface area contributed by atoms with Gasteiger partial charge in [-0.05, 0) is 53.1 Å². The molecule has 0 unspecified atom stereocenters. The Morgan fingerprint density at radius 2 is 1.06 bits per heavy atom. The molecule has 5 nitrogen and oxygen atoms in total. The second-order valence-electron chi connectivity index (χ2n) is 9.93. The Bertz CT molecular complexity index is 1020. The highest BCUT2D eigenvalue weighted by molar-refractivity contribution is 5.46. The van der Waals surface area contributed by atoms with Crippen LogP contribution in [-0.2, 0) is 10.8 Å². The van der Waals surface area contributed by atoms with Gasteiger partial charge in [0, 0.05) is 0 Å². The molecule has 0 aliphatic heterocycles. The van der Waals surface area contributed by atoms with E-state index in [1.807, 2.05) is 10.6 Å². The minimum absolute atomic E-state index is 0. The summed E-state index contributed by atoms with van der Waals surface area (Å²) in [6, 6.07) is 16.8. The molecule has 0 bridgehead atoms. The third-order valence-corrected chi connectivity index (χ3v) is 5.26. The quantitative estimate of drug-likeness (QED) is 0.386. The summed E-state index contributed by atoms with van der Waals surface area (Å²) in [5, 5.41) is 14.3. The van der Waals surface area contributed by atoms with Crippen LogP contribution in [0.15, 0.2) is 48.5 Å². The van der Waals surface area contributed by atoms with Crippen LogP contribution in [0.2, 0.25) is 0 Å². The molecule has 5 N–H and O–H groups in total. The van der Waals surface area contributed by atoms with Gasteiger partial charge in [0.1, 0.15) is 11.4 Å². The zero-order chi connectivity index (χ0) is 22.1. The molecule has 0 radical (unpaired) electrons. The molecule has 0 aliphatic carbocycles. The number of benzene rings is 2. The fourth-order valence-corrected chi connectivity index (χ4v) is 3.24. The van der Waals surface area contributed by atoms with Crippen LogP contribution >= 0.6 is 0 Å². The van der Waals surface area contributed by atoms with Crippen molar-refractivity contribution in [1.29, 1.82) is 0 Å². The molecule has 174 valence electrons. The third kappa shape index (κ3) is 6.91. The molecule has 3 rings (SSSR count). The average Bonchev–Trinajstić information content (AvgIpc) is 2.65. The average molecular weight is 477 g/mol. The van der Waals surface area contributed by atoms with Crippen molar-refractivity contribution < 1.29 is 40.6 Å². The van der Waals surface area contributed by atoms with E-state index in [-0.39, 0.29) is 41.4 Å². The van der Waals surface area contributed by atoms with Gasteiger partial charge in [-0.2, -0.15) is 4.98 Å². The number of nitrogens with two attached hydrogens (primary N) is 2. The van der Waals surface area contributed by atoms with E-state index in [2.05, 4.69) is 100 Å². The molecule has 1 heterocycles. The van der Waals surface area contributed by atoms with Crippen molar-refractivity contribution in [3.05, 3.63) is 65.4 Å². The lowest BCUT2D eigenvalue weighted by atomic mass is 9.87. The first-order chi connectivity index (χ1) is 13.9. The van der Waals surface area contributed by atoms with E-state index in [0.717, 1.165) is 11.4 Å². The Morgan fingerprint density at radius 1 is 0.656 bits per heavy atom. The highest BCUT2D eigenvalue weighted by Crippen LogP contribution is 2.25. The van der Waals surface area contributed by atoms with Crippen LogP contribution in [0.3, 0.4) is 0 Å². The Balaban J connectivity index is 0.00000256. The Labute approximate surface area is 203 Å². The topological polar surface area (TPSA) is 79.2 Å². The van der Waals surface area contributed by atoms with Gasteiger partial charge in [-0.15, -0.1) is 4.98 Å². The predicted molar refractivity (Wildman–Crippen MR) is 121 cm³/mol. The Kier molecular flexibility index (Phi) is 9.25. The smallest absolute Gasteiger partial charge is 0.336 e. The molecular weight excluding hydrogens is 443 g/mol. The van der Waals surface area contributed by atoms with Gasteiger partial charge in [-0.1, -0.05) is 65.8 Å². The highest BCUT2D eigenvalue weighted by Gasteiger charge is 2.20. The highest BCUT2D eigenvalue weighted by atomic mass is 35.5. The molecule has 1 aromatic heterocycles. The SMILES string of the molecule is Cc1nc([NH2+]c2ccc(C(C)(C)C)cc2)nc([NH2+]c2ccc(C(C)(C)C)cc2)c1O.[Cl-].[Cl-]. The lowest BCUT2D eigenvalue weighted by Gasteiger charge is -2.18. The minimum atomic E-state index is 0. The van der Waals surface area contributed by atoms with Gasteiger partial charge in [0.15, 0.2) is 0 Å². The van der Waals surface area contributed by atoms with Crippen molar-refractivity contribution in [3.8, 4) is 5.75 Å². The monoisotopic (exact) mass is 476 g/mol. The van der Waals surface area contributed by atoms with Gasteiger partial charge in [-0.3, -0.25) is 5.32 Å². The molecule has 0 atom stereocenters. The molecule has 2 aromatic carbocycles. The molecule has 32 heavy (non-hydrogen) atoms. The van der Waals surface area contributed by atoms with Gasteiger partial charge in [0.05, 0.1) is 5.69 Å². The summed E-state index contributed by atoms with van der Waals surface area (Å²) >= 11 is 0. The summed E-state index contributed by atoms with van der Waals surface area (Å²) < 4.78 is 0. The summed E-state index contributed by atoms with van der Waals surface area (Å²) in [5.41, 5.74) is 5.39. The van der Waals surface area contributed by atoms with Crippen molar-refractivity contribution >= 4 is 23.1 Å². The molecule has 7 heteroatoms. The molecule has 0 spiro atoms. The number of quaternary nitrogens is 2. The number of hydrogen-bond donors (Lipinski definition) is 3. The zero-order valence-corrected chi connectivity index (χ0v) is 21.4. The number of hydrogen-bond acceptors (Lipinski definition) is 3. The third-order valence-electron chi connectivity index (χ3n) is 5.26. The van der Waals surface area contributed by atoms with E-state index in [4.69, 9.17) is 0 Å². The summed E-state index contributed by atoms with van der Waals surface area (Å²) in [4.78, 5) is 9.05. The van der Waals surface area contributed by atoms with Crippen LogP contribution in [0.1, 0.15) is 58.4 Å². The number of nitrogens with zero attached hydrogens (tertiary/aromatic N) is 2. The van der Waals surface area contributed by atoms with Gasteiger partial charge < -0.3 is 29.9 Å². The lowest BCUT2D eigenvalue weighted by Crippen LogP contribution is -3.00. The van der Waals surface area contributed by atoms with Crippen molar-refractivity contribution in [2.45, 2.75) is 59.3 Å². The minimum Gasteiger partial charge on any atom is -1.00 e. The molecular formula is C25H34Cl2N4O. The van der Waals surface area contributed by atoms with Crippen LogP contribution in [0.4, 0.5) is 23.1 Å². The van der Waals surface area contributed by atoms with E-state index in [9.17, 15) is 5.11 Å². The van der Waals surface area contributed by atoms with E-state index < -0.39 is 0 Å². The van der Waals surface area contributed by atoms with Gasteiger partial charge in [0.25, 0.3) is 5.82 Å². The first-order valence-electron chi connectivity index (χ1n) is 10.4. The molecule has 0 amide bonds. The second-order valence-corrected chi connectivity index (χ2v) is 9.93. The molecule has 0 saturated heterocycles. The fourth-order valence-electron chi connectivity index (χ4n) is 3.24. The summed E-state index contributed by atoms with van der Waals surface area (Å²) in [7, 11) is 0. The molecule has 3 aromatic rings. The first kappa shape index (κ1) is 27.9. The van der Waals surface area contributed by atoms with Gasteiger partial charge >= 0.3 is 5.95 Å². The fraction of sp³-hybridized carbons (Fsp3) is 0.360. The largest absolute Gasteiger partial charge is 1.00 e. The predicted octanol–water partition coefficient (Wildman–Crippen LogP) is -1.85. The van der Waals surface area contributed by atoms with Crippen molar-refractivity contribution in [2.24, 2.45) is 0 Å². The second kappa shape index (κ2) is 10.6. The Morgan fingerprint density at radius 3 is 1.47 bits per heavy atom. The summed E-state index contributed by atoms with van der Waals surface area (Å²) in [5.74, 6) is 1.24. The van der Waals surface area contributed by atoms with E-state index >= 15 is 0 Å². The molecule has 0 fully saturated rings. The van der Waals surface area contributed by atoms with E-state index in [1.54, 1.807) is 6.92 Å². The zero-order valence-electron chi connectivity index (χ0n) is 19.9. The number of aromatic hydroxyl groups is 1. The van der Waals surface area contributed by atoms with Gasteiger partial charge in [-0.25, -0.2) is 5.32 Å². The van der Waals surface area contributed by atoms with E-state index in [0.29, 0.717) is 17.5 Å². The van der Waals surface area contributed by atoms with Crippen LogP contribution in [0.5, 0.6) is 5.75 Å². The number of aromatic nitrogens is 2. The summed E-state index contributed by atoms with van der Waals surface area (Å²) in [6.07, 6.45) is 0. The van der Waals surface area contributed by atoms with Crippen molar-refractivity contribution in [1.82, 2.24) is 9.97 Å². The first-order valence-corrected chi connectivity index (χ1v) is 10.4. The maximum atomic E-state index is 10.5. The summed E-state index contributed by atoms with van der Waals surface area (Å²) in [6.45, 7) is 15.0. The van der Waals surface area contributed by atoms with Crippen LogP contribution in [0.25, 0.3) is 0 Å². The van der Waals surface area contributed by atoms with Crippen LogP contribution in [-0.4, -0.2) is 15.1 Å². The standard InChI is InChI=1S/C25H32N4O.2ClH/c1-16-21(30)22(27-19-12-8-17(9-13-19)24(2,3)4)29-23(26-16)28-20-14-10-18(11-15-20)25(5,6)7;;/h8-15,30H,1-7H3,(H2,26,27,28,29);2*1H. The number of aryl methyl sites for hydroxylation is 1. The van der Waals surface area contributed by atoms with Gasteiger partial charge in [0.2, 0.25) is 5.75 Å².